The van der Waals surface area contributed by atoms with Crippen LogP contribution in [0.1, 0.15) is 23.5 Å². The largest absolute Gasteiger partial charge is 0.335 e. The Bertz CT molecular complexity index is 420. The fourth-order valence-corrected chi connectivity index (χ4v) is 4.05. The lowest BCUT2D eigenvalue weighted by molar-refractivity contribution is 0.0600. The van der Waals surface area contributed by atoms with E-state index in [-0.39, 0.29) is 5.91 Å². The minimum atomic E-state index is 0.148. The van der Waals surface area contributed by atoms with Crippen LogP contribution in [0.2, 0.25) is 0 Å². The van der Waals surface area contributed by atoms with Crippen molar-refractivity contribution in [2.24, 2.45) is 0 Å². The topological polar surface area (TPSA) is 23.6 Å². The van der Waals surface area contributed by atoms with Crippen molar-refractivity contribution < 1.29 is 4.79 Å². The molecule has 1 aromatic rings. The lowest BCUT2D eigenvalue weighted by Gasteiger charge is -2.36. The maximum Gasteiger partial charge on any atom is 0.264 e. The van der Waals surface area contributed by atoms with Gasteiger partial charge in [-0.25, -0.2) is 0 Å². The minimum absolute atomic E-state index is 0.148. The van der Waals surface area contributed by atoms with E-state index < -0.39 is 0 Å². The second-order valence-electron chi connectivity index (χ2n) is 4.65. The van der Waals surface area contributed by atoms with Crippen LogP contribution in [0.15, 0.2) is 14.3 Å². The van der Waals surface area contributed by atoms with E-state index in [0.29, 0.717) is 6.04 Å². The third-order valence-electron chi connectivity index (χ3n) is 3.19. The molecule has 1 amide bonds. The molecule has 0 N–H and O–H groups in total. The zero-order chi connectivity index (χ0) is 13.3. The van der Waals surface area contributed by atoms with Gasteiger partial charge in [0.15, 0.2) is 0 Å². The normalized spacial score (nSPS) is 17.5. The van der Waals surface area contributed by atoms with E-state index in [0.717, 1.165) is 39.3 Å². The second kappa shape index (κ2) is 6.03. The molecule has 0 aliphatic carbocycles. The van der Waals surface area contributed by atoms with Crippen LogP contribution in [0.25, 0.3) is 0 Å². The number of hydrogen-bond donors (Lipinski definition) is 0. The third-order valence-corrected chi connectivity index (χ3v) is 6.43. The number of carbonyl (C=O) groups excluding carboxylic acids is 1. The van der Waals surface area contributed by atoms with E-state index in [1.807, 2.05) is 11.0 Å². The fourth-order valence-electron chi connectivity index (χ4n) is 2.05. The Labute approximate surface area is 128 Å². The molecule has 2 heterocycles. The molecule has 6 heteroatoms. The van der Waals surface area contributed by atoms with Crippen molar-refractivity contribution >= 4 is 49.1 Å². The van der Waals surface area contributed by atoms with Gasteiger partial charge in [0.1, 0.15) is 0 Å². The van der Waals surface area contributed by atoms with Gasteiger partial charge < -0.3 is 4.90 Å². The number of halogens is 2. The third kappa shape index (κ3) is 3.15. The maximum atomic E-state index is 12.3. The summed E-state index contributed by atoms with van der Waals surface area (Å²) in [6.07, 6.45) is 0. The molecule has 1 aromatic heterocycles. The lowest BCUT2D eigenvalue weighted by atomic mass is 10.2. The van der Waals surface area contributed by atoms with Gasteiger partial charge in [0, 0.05) is 36.7 Å². The summed E-state index contributed by atoms with van der Waals surface area (Å²) in [6, 6.07) is 2.46. The molecular weight excluding hydrogens is 380 g/mol. The smallest absolute Gasteiger partial charge is 0.264 e. The second-order valence-corrected chi connectivity index (χ2v) is 7.88. The van der Waals surface area contributed by atoms with Crippen LogP contribution in [0.5, 0.6) is 0 Å². The molecule has 0 saturated carbocycles. The molecule has 0 bridgehead atoms. The van der Waals surface area contributed by atoms with Crippen molar-refractivity contribution in [3.8, 4) is 0 Å². The van der Waals surface area contributed by atoms with Crippen molar-refractivity contribution in [2.45, 2.75) is 19.9 Å². The molecule has 3 nitrogen and oxygen atoms in total. The Balaban J connectivity index is 1.99. The van der Waals surface area contributed by atoms with Crippen molar-refractivity contribution in [3.63, 3.8) is 0 Å². The van der Waals surface area contributed by atoms with Crippen LogP contribution in [0.3, 0.4) is 0 Å². The quantitative estimate of drug-likeness (QED) is 0.765. The van der Waals surface area contributed by atoms with Gasteiger partial charge in [0.25, 0.3) is 5.91 Å². The Morgan fingerprint density at radius 3 is 2.33 bits per heavy atom. The number of piperazine rings is 1. The summed E-state index contributed by atoms with van der Waals surface area (Å²) in [7, 11) is 0. The number of hydrogen-bond acceptors (Lipinski definition) is 3. The molecule has 0 radical (unpaired) electrons. The molecule has 1 fully saturated rings. The van der Waals surface area contributed by atoms with E-state index in [1.54, 1.807) is 0 Å². The summed E-state index contributed by atoms with van der Waals surface area (Å²) in [4.78, 5) is 17.5. The Hall–Kier alpha value is 0.0900. The summed E-state index contributed by atoms with van der Waals surface area (Å²) in [6.45, 7) is 7.98. The number of rotatable bonds is 2. The highest BCUT2D eigenvalue weighted by Crippen LogP contribution is 2.33. The van der Waals surface area contributed by atoms with Crippen LogP contribution in [0, 0.1) is 0 Å². The first-order chi connectivity index (χ1) is 8.49. The maximum absolute atomic E-state index is 12.3. The standard InChI is InChI=1S/C12H16Br2N2OS/c1-8(2)15-3-5-16(6-4-15)12(17)10-7-9(13)11(14)18-10/h7-8H,3-6H2,1-2H3. The number of carbonyl (C=O) groups is 1. The van der Waals surface area contributed by atoms with Crippen LogP contribution in [-0.4, -0.2) is 47.9 Å². The van der Waals surface area contributed by atoms with Crippen molar-refractivity contribution in [1.29, 1.82) is 0 Å². The molecule has 1 aliphatic rings. The SMILES string of the molecule is CC(C)N1CCN(C(=O)c2cc(Br)c(Br)s2)CC1. The number of amides is 1. The number of thiophene rings is 1. The van der Waals surface area contributed by atoms with E-state index in [1.165, 1.54) is 11.3 Å². The van der Waals surface area contributed by atoms with E-state index in [4.69, 9.17) is 0 Å². The van der Waals surface area contributed by atoms with Crippen LogP contribution in [0.4, 0.5) is 0 Å². The van der Waals surface area contributed by atoms with Gasteiger partial charge in [-0.05, 0) is 51.8 Å². The molecule has 1 saturated heterocycles. The van der Waals surface area contributed by atoms with E-state index >= 15 is 0 Å². The molecule has 18 heavy (non-hydrogen) atoms. The van der Waals surface area contributed by atoms with Crippen LogP contribution >= 0.6 is 43.2 Å². The first-order valence-electron chi connectivity index (χ1n) is 5.97. The van der Waals surface area contributed by atoms with Gasteiger partial charge in [-0.3, -0.25) is 9.69 Å². The molecule has 1 aliphatic heterocycles. The predicted molar refractivity (Wildman–Crippen MR) is 82.3 cm³/mol. The Morgan fingerprint density at radius 1 is 1.28 bits per heavy atom. The first-order valence-corrected chi connectivity index (χ1v) is 8.37. The van der Waals surface area contributed by atoms with Gasteiger partial charge in [0.2, 0.25) is 0 Å². The van der Waals surface area contributed by atoms with Crippen molar-refractivity contribution in [2.75, 3.05) is 26.2 Å². The van der Waals surface area contributed by atoms with Gasteiger partial charge in [-0.15, -0.1) is 11.3 Å². The summed E-state index contributed by atoms with van der Waals surface area (Å²) in [5.74, 6) is 0.148. The van der Waals surface area contributed by atoms with Crippen LogP contribution in [-0.2, 0) is 0 Å². The molecular formula is C12H16Br2N2OS. The summed E-state index contributed by atoms with van der Waals surface area (Å²) in [5, 5.41) is 0. The highest BCUT2D eigenvalue weighted by atomic mass is 79.9. The zero-order valence-corrected chi connectivity index (χ0v) is 14.4. The predicted octanol–water partition coefficient (Wildman–Crippen LogP) is 3.44. The van der Waals surface area contributed by atoms with Gasteiger partial charge in [0.05, 0.1) is 8.66 Å². The van der Waals surface area contributed by atoms with Gasteiger partial charge in [-0.2, -0.15) is 0 Å². The van der Waals surface area contributed by atoms with Gasteiger partial charge >= 0.3 is 0 Å². The van der Waals surface area contributed by atoms with Crippen LogP contribution < -0.4 is 0 Å². The highest BCUT2D eigenvalue weighted by molar-refractivity contribution is 9.13. The molecule has 0 unspecified atom stereocenters. The average Bonchev–Trinajstić information content (AvgIpc) is 2.69. The minimum Gasteiger partial charge on any atom is -0.335 e. The van der Waals surface area contributed by atoms with Crippen molar-refractivity contribution in [1.82, 2.24) is 9.80 Å². The fraction of sp³-hybridized carbons (Fsp3) is 0.583. The first kappa shape index (κ1) is 14.5. The molecule has 0 atom stereocenters. The Kier molecular flexibility index (Phi) is 4.86. The summed E-state index contributed by atoms with van der Waals surface area (Å²) < 4.78 is 1.93. The summed E-state index contributed by atoms with van der Waals surface area (Å²) >= 11 is 8.34. The molecule has 100 valence electrons. The van der Waals surface area contributed by atoms with E-state index in [9.17, 15) is 4.79 Å². The summed E-state index contributed by atoms with van der Waals surface area (Å²) in [5.41, 5.74) is 0. The van der Waals surface area contributed by atoms with Crippen molar-refractivity contribution in [3.05, 3.63) is 19.2 Å². The Morgan fingerprint density at radius 2 is 1.89 bits per heavy atom. The van der Waals surface area contributed by atoms with Gasteiger partial charge in [-0.1, -0.05) is 0 Å². The highest BCUT2D eigenvalue weighted by Gasteiger charge is 2.24. The monoisotopic (exact) mass is 394 g/mol. The number of nitrogens with zero attached hydrogens (tertiary/aromatic N) is 2. The lowest BCUT2D eigenvalue weighted by Crippen LogP contribution is -2.50. The van der Waals surface area contributed by atoms with E-state index in [2.05, 4.69) is 50.6 Å². The molecule has 2 rings (SSSR count). The average molecular weight is 396 g/mol. The molecule has 0 aromatic carbocycles. The zero-order valence-electron chi connectivity index (χ0n) is 10.4. The molecule has 0 spiro atoms.